The minimum atomic E-state index is -3.61. The molecule has 0 aromatic heterocycles. The van der Waals surface area contributed by atoms with E-state index in [1.807, 2.05) is 13.8 Å². The number of nitrogens with zero attached hydrogens (tertiary/aromatic N) is 3. The lowest BCUT2D eigenvalue weighted by Crippen LogP contribution is -2.40. The maximum Gasteiger partial charge on any atom is 0.259 e. The molecule has 2 fully saturated rings. The summed E-state index contributed by atoms with van der Waals surface area (Å²) in [5, 5.41) is 12.5. The molecular formula is C24H32N4O5S. The first-order valence-corrected chi connectivity index (χ1v) is 12.8. The second-order valence-corrected chi connectivity index (χ2v) is 10.3. The fraction of sp³-hybridized carbons (Fsp3) is 0.458. The molecule has 1 aromatic carbocycles. The summed E-state index contributed by atoms with van der Waals surface area (Å²) in [7, 11) is -3.61. The maximum absolute atomic E-state index is 13.0. The number of ether oxygens (including phenoxy) is 1. The predicted octanol–water partition coefficient (Wildman–Crippen LogP) is 2.90. The van der Waals surface area contributed by atoms with Crippen LogP contribution in [0.2, 0.25) is 0 Å². The van der Waals surface area contributed by atoms with Gasteiger partial charge in [-0.2, -0.15) is 4.31 Å². The highest BCUT2D eigenvalue weighted by Crippen LogP contribution is 2.22. The van der Waals surface area contributed by atoms with E-state index in [4.69, 9.17) is 4.74 Å². The van der Waals surface area contributed by atoms with Gasteiger partial charge in [0.2, 0.25) is 10.0 Å². The quantitative estimate of drug-likeness (QED) is 0.347. The molecule has 1 aliphatic carbocycles. The standard InChI is InChI=1S/C24H32N4O5S/c1-4-22(23(25-17(2)3)26-18-5-9-20(29)10-6-18)24(30)27-19-7-11-21(12-8-19)34(31,32)28-13-15-33-16-14-28/h4,7-8,11-12,20,29H,1,5-6,9-10,13-16H2,2-3H3,(H,27,30)/b23-22-,26-18?. The van der Waals surface area contributed by atoms with Crippen LogP contribution in [0.15, 0.2) is 63.2 Å². The van der Waals surface area contributed by atoms with E-state index in [0.717, 1.165) is 11.4 Å². The summed E-state index contributed by atoms with van der Waals surface area (Å²) in [6, 6.07) is 6.05. The van der Waals surface area contributed by atoms with Crippen LogP contribution in [0.3, 0.4) is 0 Å². The molecule has 0 atom stereocenters. The van der Waals surface area contributed by atoms with E-state index in [9.17, 15) is 18.3 Å². The van der Waals surface area contributed by atoms with Crippen molar-refractivity contribution in [2.24, 2.45) is 9.98 Å². The van der Waals surface area contributed by atoms with E-state index in [1.165, 1.54) is 22.5 Å². The Labute approximate surface area is 201 Å². The molecular weight excluding hydrogens is 456 g/mol. The highest BCUT2D eigenvalue weighted by atomic mass is 32.2. The molecule has 0 radical (unpaired) electrons. The van der Waals surface area contributed by atoms with Crippen molar-refractivity contribution < 1.29 is 23.1 Å². The van der Waals surface area contributed by atoms with Crippen LogP contribution in [0, 0.1) is 0 Å². The van der Waals surface area contributed by atoms with E-state index in [-0.39, 0.29) is 22.4 Å². The van der Waals surface area contributed by atoms with Crippen molar-refractivity contribution in [1.29, 1.82) is 0 Å². The number of aliphatic imine (C=N–C) groups is 2. The fourth-order valence-electron chi connectivity index (χ4n) is 3.68. The van der Waals surface area contributed by atoms with Crippen molar-refractivity contribution in [1.82, 2.24) is 4.31 Å². The van der Waals surface area contributed by atoms with Gasteiger partial charge in [-0.05, 0) is 63.8 Å². The summed E-state index contributed by atoms with van der Waals surface area (Å²) in [4.78, 5) is 22.2. The average Bonchev–Trinajstić information content (AvgIpc) is 2.81. The van der Waals surface area contributed by atoms with Gasteiger partial charge in [-0.1, -0.05) is 12.7 Å². The van der Waals surface area contributed by atoms with Crippen molar-refractivity contribution >= 4 is 33.0 Å². The highest BCUT2D eigenvalue weighted by Gasteiger charge is 2.26. The zero-order valence-electron chi connectivity index (χ0n) is 19.7. The average molecular weight is 489 g/mol. The lowest BCUT2D eigenvalue weighted by molar-refractivity contribution is -0.112. The molecule has 1 heterocycles. The lowest BCUT2D eigenvalue weighted by Gasteiger charge is -2.26. The molecule has 9 nitrogen and oxygen atoms in total. The predicted molar refractivity (Wildman–Crippen MR) is 133 cm³/mol. The van der Waals surface area contributed by atoms with Crippen LogP contribution in [0.25, 0.3) is 0 Å². The number of amides is 1. The minimum absolute atomic E-state index is 0.157. The van der Waals surface area contributed by atoms with Crippen molar-refractivity contribution in [3.63, 3.8) is 0 Å². The first-order valence-electron chi connectivity index (χ1n) is 11.3. The van der Waals surface area contributed by atoms with Crippen molar-refractivity contribution in [2.45, 2.75) is 50.5 Å². The van der Waals surface area contributed by atoms with Gasteiger partial charge in [0, 0.05) is 30.2 Å². The largest absolute Gasteiger partial charge is 0.393 e. The maximum atomic E-state index is 13.0. The van der Waals surface area contributed by atoms with E-state index >= 15 is 0 Å². The fourth-order valence-corrected chi connectivity index (χ4v) is 5.09. The molecule has 1 saturated carbocycles. The van der Waals surface area contributed by atoms with Gasteiger partial charge in [-0.3, -0.25) is 4.79 Å². The summed E-state index contributed by atoms with van der Waals surface area (Å²) < 4.78 is 32.2. The number of hydrogen-bond donors (Lipinski definition) is 2. The third-order valence-corrected chi connectivity index (χ3v) is 7.45. The second kappa shape index (κ2) is 11.7. The van der Waals surface area contributed by atoms with Crippen LogP contribution in [-0.4, -0.2) is 67.6 Å². The minimum Gasteiger partial charge on any atom is -0.393 e. The van der Waals surface area contributed by atoms with Crippen molar-refractivity contribution in [2.75, 3.05) is 31.6 Å². The summed E-state index contributed by atoms with van der Waals surface area (Å²) in [5.41, 5.74) is 2.27. The molecule has 34 heavy (non-hydrogen) atoms. The van der Waals surface area contributed by atoms with E-state index in [0.29, 0.717) is 57.7 Å². The number of carbonyl (C=O) groups is 1. The number of nitrogens with one attached hydrogen (secondary N) is 1. The Hall–Kier alpha value is -2.66. The van der Waals surface area contributed by atoms with E-state index in [2.05, 4.69) is 21.9 Å². The summed E-state index contributed by atoms with van der Waals surface area (Å²) in [5.74, 6) is -0.176. The number of benzene rings is 1. The smallest absolute Gasteiger partial charge is 0.259 e. The topological polar surface area (TPSA) is 121 Å². The Morgan fingerprint density at radius 2 is 1.79 bits per heavy atom. The number of morpholine rings is 1. The number of anilines is 1. The summed E-state index contributed by atoms with van der Waals surface area (Å²) >= 11 is 0. The number of sulfonamides is 1. The van der Waals surface area contributed by atoms with Crippen molar-refractivity contribution in [3.05, 3.63) is 48.3 Å². The molecule has 1 aliphatic heterocycles. The zero-order chi connectivity index (χ0) is 24.7. The number of rotatable bonds is 7. The molecule has 0 spiro atoms. The monoisotopic (exact) mass is 488 g/mol. The summed E-state index contributed by atoms with van der Waals surface area (Å²) in [6.45, 7) is 8.77. The van der Waals surface area contributed by atoms with Gasteiger partial charge in [-0.25, -0.2) is 18.4 Å². The number of aliphatic hydroxyl groups excluding tert-OH is 1. The van der Waals surface area contributed by atoms with Gasteiger partial charge in [0.15, 0.2) is 5.82 Å². The first-order chi connectivity index (χ1) is 16.2. The summed E-state index contributed by atoms with van der Waals surface area (Å²) in [6.07, 6.45) is 3.66. The van der Waals surface area contributed by atoms with E-state index < -0.39 is 15.9 Å². The van der Waals surface area contributed by atoms with Gasteiger partial charge < -0.3 is 15.2 Å². The number of aliphatic hydroxyl groups is 1. The molecule has 2 aliphatic rings. The van der Waals surface area contributed by atoms with Gasteiger partial charge in [0.1, 0.15) is 0 Å². The molecule has 10 heteroatoms. The molecule has 1 amide bonds. The highest BCUT2D eigenvalue weighted by molar-refractivity contribution is 7.89. The molecule has 184 valence electrons. The molecule has 1 aromatic rings. The first kappa shape index (κ1) is 26.0. The Kier molecular flexibility index (Phi) is 8.90. The van der Waals surface area contributed by atoms with Crippen LogP contribution in [0.5, 0.6) is 0 Å². The Balaban J connectivity index is 1.81. The Bertz CT molecular complexity index is 1090. The number of carbonyl (C=O) groups excluding carboxylic acids is 1. The third kappa shape index (κ3) is 6.69. The SMILES string of the molecule is C=C/C(C(=O)Nc1ccc(S(=O)(=O)N2CCOCC2)cc1)=C(\N=C(C)C)N=C1CCC(O)CC1. The lowest BCUT2D eigenvalue weighted by atomic mass is 9.96. The normalized spacial score (nSPS) is 20.2. The molecule has 0 bridgehead atoms. The van der Waals surface area contributed by atoms with Crippen molar-refractivity contribution in [3.8, 4) is 0 Å². The molecule has 3 rings (SSSR count). The Morgan fingerprint density at radius 1 is 1.18 bits per heavy atom. The van der Waals surface area contributed by atoms with Crippen LogP contribution >= 0.6 is 0 Å². The van der Waals surface area contributed by atoms with Crippen LogP contribution in [0.4, 0.5) is 5.69 Å². The van der Waals surface area contributed by atoms with Gasteiger partial charge in [0.05, 0.1) is 29.8 Å². The third-order valence-electron chi connectivity index (χ3n) is 5.54. The van der Waals surface area contributed by atoms with Crippen LogP contribution < -0.4 is 5.32 Å². The van der Waals surface area contributed by atoms with Crippen LogP contribution in [0.1, 0.15) is 39.5 Å². The van der Waals surface area contributed by atoms with Gasteiger partial charge in [0.25, 0.3) is 5.91 Å². The molecule has 1 saturated heterocycles. The van der Waals surface area contributed by atoms with E-state index in [1.54, 1.807) is 12.1 Å². The Morgan fingerprint density at radius 3 is 2.35 bits per heavy atom. The zero-order valence-corrected chi connectivity index (χ0v) is 20.5. The molecule has 0 unspecified atom stereocenters. The van der Waals surface area contributed by atoms with Gasteiger partial charge in [-0.15, -0.1) is 0 Å². The van der Waals surface area contributed by atoms with Crippen LogP contribution in [-0.2, 0) is 19.6 Å². The number of hydrogen-bond acceptors (Lipinski definition) is 7. The second-order valence-electron chi connectivity index (χ2n) is 8.40. The van der Waals surface area contributed by atoms with Gasteiger partial charge >= 0.3 is 0 Å². The molecule has 2 N–H and O–H groups in total.